The average molecular weight is 401 g/mol. The Morgan fingerprint density at radius 3 is 2.14 bits per heavy atom. The molecule has 0 aliphatic carbocycles. The minimum absolute atomic E-state index is 0.523. The van der Waals surface area contributed by atoms with Crippen molar-refractivity contribution in [3.05, 3.63) is 83.9 Å². The highest BCUT2D eigenvalue weighted by Crippen LogP contribution is 2.37. The monoisotopic (exact) mass is 400 g/mol. The molecule has 2 aromatic carbocycles. The number of hydrogen-bond donors (Lipinski definition) is 0. The van der Waals surface area contributed by atoms with Crippen LogP contribution in [0, 0.1) is 0 Å². The average Bonchev–Trinajstić information content (AvgIpc) is 3.34. The molecule has 0 atom stereocenters. The summed E-state index contributed by atoms with van der Waals surface area (Å²) in [5.74, 6) is 0. The van der Waals surface area contributed by atoms with Crippen LogP contribution in [0.5, 0.6) is 0 Å². The molecule has 0 amide bonds. The van der Waals surface area contributed by atoms with Crippen molar-refractivity contribution in [2.75, 3.05) is 0 Å². The summed E-state index contributed by atoms with van der Waals surface area (Å²) >= 11 is 6.88. The number of fused-ring (bicyclic) bond motifs is 1. The highest BCUT2D eigenvalue weighted by Gasteiger charge is 2.21. The van der Waals surface area contributed by atoms with Gasteiger partial charge in [0.1, 0.15) is 11.4 Å². The van der Waals surface area contributed by atoms with Crippen LogP contribution < -0.4 is 0 Å². The first kappa shape index (κ1) is 17.6. The van der Waals surface area contributed by atoms with Crippen molar-refractivity contribution in [1.29, 1.82) is 0 Å². The van der Waals surface area contributed by atoms with Crippen molar-refractivity contribution in [2.45, 2.75) is 6.54 Å². The van der Waals surface area contributed by atoms with Gasteiger partial charge >= 0.3 is 0 Å². The van der Waals surface area contributed by atoms with Gasteiger partial charge in [-0.15, -0.1) is 10.2 Å². The zero-order valence-corrected chi connectivity index (χ0v) is 16.5. The third-order valence-electron chi connectivity index (χ3n) is 4.92. The molecule has 3 aromatic heterocycles. The summed E-state index contributed by atoms with van der Waals surface area (Å²) in [6, 6.07) is 19.8. The largest absolute Gasteiger partial charge is 0.336 e. The van der Waals surface area contributed by atoms with Gasteiger partial charge in [0.2, 0.25) is 0 Å². The summed E-state index contributed by atoms with van der Waals surface area (Å²) in [5.41, 5.74) is 5.01. The third-order valence-corrected chi connectivity index (χ3v) is 5.29. The molecule has 0 saturated heterocycles. The van der Waals surface area contributed by atoms with E-state index < -0.39 is 0 Å². The maximum atomic E-state index is 6.88. The molecule has 0 aliphatic rings. The summed E-state index contributed by atoms with van der Waals surface area (Å²) in [6.45, 7) is 0.523. The lowest BCUT2D eigenvalue weighted by atomic mass is 10.1. The van der Waals surface area contributed by atoms with Gasteiger partial charge in [-0.3, -0.25) is 0 Å². The van der Waals surface area contributed by atoms with Gasteiger partial charge in [-0.05, 0) is 0 Å². The number of benzene rings is 2. The van der Waals surface area contributed by atoms with E-state index in [4.69, 9.17) is 16.7 Å². The summed E-state index contributed by atoms with van der Waals surface area (Å²) in [5, 5.41) is 15.2. The van der Waals surface area contributed by atoms with Gasteiger partial charge in [0.25, 0.3) is 0 Å². The van der Waals surface area contributed by atoms with Crippen molar-refractivity contribution in [3.8, 4) is 22.5 Å². The van der Waals surface area contributed by atoms with E-state index in [2.05, 4.69) is 15.2 Å². The van der Waals surface area contributed by atoms with Crippen molar-refractivity contribution in [3.63, 3.8) is 0 Å². The number of imidazole rings is 1. The molecule has 0 N–H and O–H groups in total. The smallest absolute Gasteiger partial charge is 0.182 e. The summed E-state index contributed by atoms with van der Waals surface area (Å²) < 4.78 is 3.80. The predicted molar refractivity (Wildman–Crippen MR) is 114 cm³/mol. The zero-order chi connectivity index (χ0) is 19.8. The van der Waals surface area contributed by atoms with Crippen LogP contribution in [0.15, 0.2) is 73.2 Å². The van der Waals surface area contributed by atoms with E-state index in [1.54, 1.807) is 6.33 Å². The molecule has 0 radical (unpaired) electrons. The Kier molecular flexibility index (Phi) is 4.33. The fourth-order valence-electron chi connectivity index (χ4n) is 3.40. The number of halogens is 1. The lowest BCUT2D eigenvalue weighted by Crippen LogP contribution is -2.07. The lowest BCUT2D eigenvalue weighted by molar-refractivity contribution is 0.661. The molecule has 7 heteroatoms. The molecule has 5 aromatic rings. The second kappa shape index (κ2) is 7.14. The van der Waals surface area contributed by atoms with Crippen LogP contribution in [0.25, 0.3) is 33.5 Å². The highest BCUT2D eigenvalue weighted by atomic mass is 35.5. The summed E-state index contributed by atoms with van der Waals surface area (Å²) in [6.07, 6.45) is 3.59. The van der Waals surface area contributed by atoms with E-state index in [1.165, 1.54) is 0 Å². The quantitative estimate of drug-likeness (QED) is 0.442. The van der Waals surface area contributed by atoms with Crippen molar-refractivity contribution >= 4 is 22.6 Å². The second-order valence-electron chi connectivity index (χ2n) is 6.80. The molecule has 29 heavy (non-hydrogen) atoms. The molecule has 0 spiro atoms. The minimum Gasteiger partial charge on any atom is -0.336 e. The molecule has 0 bridgehead atoms. The molecule has 0 unspecified atom stereocenters. The zero-order valence-electron chi connectivity index (χ0n) is 15.7. The van der Waals surface area contributed by atoms with Gasteiger partial charge in [-0.2, -0.15) is 5.10 Å². The van der Waals surface area contributed by atoms with Gasteiger partial charge in [-0.25, -0.2) is 9.67 Å². The summed E-state index contributed by atoms with van der Waals surface area (Å²) in [7, 11) is 1.96. The molecular formula is C22H17ClN6. The van der Waals surface area contributed by atoms with Crippen molar-refractivity contribution < 1.29 is 0 Å². The Balaban J connectivity index is 1.76. The number of rotatable bonds is 4. The van der Waals surface area contributed by atoms with Gasteiger partial charge < -0.3 is 4.57 Å². The standard InChI is InChI=1S/C22H17ClN6/c1-28-14-24-12-17(28)13-29-22-18(20(27-29)15-8-4-2-5-9-15)19(23)21(25-26-22)16-10-6-3-7-11-16/h2-12,14H,13H2,1H3. The predicted octanol–water partition coefficient (Wildman–Crippen LogP) is 4.60. The Labute approximate surface area is 172 Å². The fraction of sp³-hybridized carbons (Fsp3) is 0.0909. The maximum Gasteiger partial charge on any atom is 0.182 e. The van der Waals surface area contributed by atoms with Gasteiger partial charge in [0, 0.05) is 18.2 Å². The first-order valence-electron chi connectivity index (χ1n) is 9.21. The van der Waals surface area contributed by atoms with E-state index in [9.17, 15) is 0 Å². The Morgan fingerprint density at radius 2 is 1.52 bits per heavy atom. The molecule has 0 aliphatic heterocycles. The molecular weight excluding hydrogens is 384 g/mol. The number of aromatic nitrogens is 6. The Morgan fingerprint density at radius 1 is 0.862 bits per heavy atom. The first-order valence-corrected chi connectivity index (χ1v) is 9.59. The number of aryl methyl sites for hydroxylation is 1. The minimum atomic E-state index is 0.523. The second-order valence-corrected chi connectivity index (χ2v) is 7.17. The van der Waals surface area contributed by atoms with Crippen LogP contribution in [-0.2, 0) is 13.6 Å². The first-order chi connectivity index (χ1) is 14.2. The topological polar surface area (TPSA) is 61.4 Å². The Hall–Kier alpha value is -3.51. The molecule has 0 saturated carbocycles. The van der Waals surface area contributed by atoms with Gasteiger partial charge in [0.15, 0.2) is 5.65 Å². The van der Waals surface area contributed by atoms with Crippen LogP contribution in [0.1, 0.15) is 5.69 Å². The van der Waals surface area contributed by atoms with Crippen molar-refractivity contribution in [1.82, 2.24) is 29.5 Å². The van der Waals surface area contributed by atoms with Crippen LogP contribution in [0.3, 0.4) is 0 Å². The van der Waals surface area contributed by atoms with Crippen LogP contribution in [0.2, 0.25) is 5.02 Å². The van der Waals surface area contributed by atoms with Crippen LogP contribution in [-0.4, -0.2) is 29.5 Å². The molecule has 142 valence electrons. The van der Waals surface area contributed by atoms with Gasteiger partial charge in [0.05, 0.1) is 35.2 Å². The van der Waals surface area contributed by atoms with E-state index in [1.807, 2.05) is 83.2 Å². The molecule has 0 fully saturated rings. The normalized spacial score (nSPS) is 11.2. The highest BCUT2D eigenvalue weighted by molar-refractivity contribution is 6.38. The van der Waals surface area contributed by atoms with Gasteiger partial charge in [-0.1, -0.05) is 72.3 Å². The van der Waals surface area contributed by atoms with E-state index in [0.29, 0.717) is 22.9 Å². The Bertz CT molecular complexity index is 1290. The van der Waals surface area contributed by atoms with Crippen molar-refractivity contribution in [2.24, 2.45) is 7.05 Å². The third kappa shape index (κ3) is 3.07. The van der Waals surface area contributed by atoms with Crippen LogP contribution >= 0.6 is 11.6 Å². The summed E-state index contributed by atoms with van der Waals surface area (Å²) in [4.78, 5) is 4.19. The number of hydrogen-bond acceptors (Lipinski definition) is 4. The molecule has 3 heterocycles. The van der Waals surface area contributed by atoms with E-state index >= 15 is 0 Å². The fourth-order valence-corrected chi connectivity index (χ4v) is 3.72. The number of nitrogens with zero attached hydrogens (tertiary/aromatic N) is 6. The lowest BCUT2D eigenvalue weighted by Gasteiger charge is -2.06. The van der Waals surface area contributed by atoms with E-state index in [0.717, 1.165) is 27.9 Å². The molecule has 5 rings (SSSR count). The van der Waals surface area contributed by atoms with Crippen LogP contribution in [0.4, 0.5) is 0 Å². The molecule has 6 nitrogen and oxygen atoms in total. The maximum absolute atomic E-state index is 6.88. The van der Waals surface area contributed by atoms with E-state index in [-0.39, 0.29) is 0 Å². The SMILES string of the molecule is Cn1cncc1Cn1nc(-c2ccccc2)c2c(Cl)c(-c3ccccc3)nnc21.